The topological polar surface area (TPSA) is 52.0 Å². The molecular weight excluding hydrogens is 1440 g/mol. The Labute approximate surface area is 714 Å². The Morgan fingerprint density at radius 1 is 0.198 bits per heavy atom. The molecule has 0 aromatic heterocycles. The zero-order valence-corrected chi connectivity index (χ0v) is 76.0. The van der Waals surface area contributed by atoms with Crippen molar-refractivity contribution < 1.29 is 0 Å². The predicted molar refractivity (Wildman–Crippen MR) is 517 cm³/mol. The third-order valence-electron chi connectivity index (χ3n) is 23.4. The molecular formula is C112H138N2S2. The highest BCUT2D eigenvalue weighted by Crippen LogP contribution is 2.43. The first kappa shape index (κ1) is 91.2. The minimum absolute atomic E-state index is 0.596. The Hall–Kier alpha value is -8.74. The third-order valence-corrected chi connectivity index (χ3v) is 24.4. The normalized spacial score (nSPS) is 11.1. The lowest BCUT2D eigenvalue weighted by molar-refractivity contribution is 0.889. The van der Waals surface area contributed by atoms with Crippen LogP contribution in [0.1, 0.15) is 245 Å². The fourth-order valence-corrected chi connectivity index (χ4v) is 17.3. The van der Waals surface area contributed by atoms with Gasteiger partial charge in [-0.1, -0.05) is 339 Å². The Bertz CT molecular complexity index is 5170. The molecule has 4 N–H and O–H groups in total. The van der Waals surface area contributed by atoms with E-state index in [9.17, 15) is 0 Å². The zero-order chi connectivity index (χ0) is 83.5. The van der Waals surface area contributed by atoms with E-state index in [2.05, 4.69) is 344 Å². The largest absolute Gasteiger partial charge is 0.326 e. The Morgan fingerprint density at radius 3 is 0.784 bits per heavy atom. The molecule has 0 unspecified atom stereocenters. The van der Waals surface area contributed by atoms with Crippen LogP contribution >= 0.6 is 25.3 Å². The smallest absolute Gasteiger partial charge is 0.0180 e. The molecule has 0 bridgehead atoms. The fourth-order valence-electron chi connectivity index (χ4n) is 16.9. The van der Waals surface area contributed by atoms with E-state index < -0.39 is 0 Å². The van der Waals surface area contributed by atoms with Crippen molar-refractivity contribution in [2.24, 2.45) is 11.5 Å². The summed E-state index contributed by atoms with van der Waals surface area (Å²) in [7, 11) is 0. The summed E-state index contributed by atoms with van der Waals surface area (Å²) in [5.74, 6) is 0. The third kappa shape index (κ3) is 23.6. The molecule has 0 fully saturated rings. The highest BCUT2D eigenvalue weighted by Gasteiger charge is 2.22. The van der Waals surface area contributed by atoms with Crippen LogP contribution in [0, 0.1) is 55.4 Å². The van der Waals surface area contributed by atoms with Crippen LogP contribution in [0.2, 0.25) is 0 Å². The van der Waals surface area contributed by atoms with Crippen molar-refractivity contribution in [3.8, 4) is 89.0 Å². The average molecular weight is 1580 g/mol. The van der Waals surface area contributed by atoms with E-state index in [4.69, 9.17) is 24.1 Å². The minimum atomic E-state index is 0.596. The van der Waals surface area contributed by atoms with E-state index in [1.165, 1.54) is 226 Å². The lowest BCUT2D eigenvalue weighted by Gasteiger charge is -2.22. The van der Waals surface area contributed by atoms with Gasteiger partial charge in [0.2, 0.25) is 0 Å². The Kier molecular flexibility index (Phi) is 35.6. The first-order valence-corrected chi connectivity index (χ1v) is 45.2. The summed E-state index contributed by atoms with van der Waals surface area (Å²) in [5, 5.41) is 0. The van der Waals surface area contributed by atoms with E-state index in [1.54, 1.807) is 0 Å². The van der Waals surface area contributed by atoms with Crippen LogP contribution in [-0.4, -0.2) is 0 Å². The molecule has 116 heavy (non-hydrogen) atoms. The van der Waals surface area contributed by atoms with Crippen LogP contribution in [0.3, 0.4) is 0 Å². The molecule has 0 aliphatic rings. The highest BCUT2D eigenvalue weighted by molar-refractivity contribution is 7.80. The second-order valence-electron chi connectivity index (χ2n) is 32.8. The predicted octanol–water partition coefficient (Wildman–Crippen LogP) is 31.6. The van der Waals surface area contributed by atoms with Crippen molar-refractivity contribution in [2.45, 2.75) is 276 Å². The number of aryl methyl sites for hydroxylation is 16. The molecule has 0 heterocycles. The van der Waals surface area contributed by atoms with Crippen LogP contribution in [0.5, 0.6) is 0 Å². The first-order chi connectivity index (χ1) is 56.1. The van der Waals surface area contributed by atoms with Crippen molar-refractivity contribution in [2.75, 3.05) is 0 Å². The highest BCUT2D eigenvalue weighted by atomic mass is 32.1. The SMILES string of the molecule is CCCc1cc(-c2cc(CCC)c(-c3cc(C)c(CN)cc3CCC)cc2CCC)c(CCC)cc1C.CCCc1cc(-c2cc(CCC)c(-c3ccc(S)c(C)c3CCC)cc2CCC)c(CCC)cc1C.Cc1ccc(-c2ccc(-c3ccc(CN)c(C)c3)cc2)cc1.Cc1ccc(-c2ccc(-c3ccc(S)c(C)c3)cc2)cc1. The summed E-state index contributed by atoms with van der Waals surface area (Å²) >= 11 is 9.20. The maximum absolute atomic E-state index is 6.11. The molecule has 4 heteroatoms. The molecule has 0 spiro atoms. The molecule has 0 aliphatic heterocycles. The molecule has 2 nitrogen and oxygen atoms in total. The van der Waals surface area contributed by atoms with E-state index in [1.807, 2.05) is 0 Å². The van der Waals surface area contributed by atoms with Crippen LogP contribution in [-0.2, 0) is 77.3 Å². The van der Waals surface area contributed by atoms with Crippen LogP contribution < -0.4 is 11.5 Å². The lowest BCUT2D eigenvalue weighted by Crippen LogP contribution is -2.05. The van der Waals surface area contributed by atoms with Gasteiger partial charge in [-0.15, -0.1) is 25.3 Å². The summed E-state index contributed by atoms with van der Waals surface area (Å²) in [6, 6.07) is 77.3. The van der Waals surface area contributed by atoms with Gasteiger partial charge in [-0.2, -0.15) is 0 Å². The molecule has 0 saturated heterocycles. The Morgan fingerprint density at radius 2 is 0.448 bits per heavy atom. The summed E-state index contributed by atoms with van der Waals surface area (Å²) in [4.78, 5) is 2.15. The van der Waals surface area contributed by atoms with Gasteiger partial charge in [-0.25, -0.2) is 0 Å². The molecule has 12 rings (SSSR count). The van der Waals surface area contributed by atoms with E-state index in [-0.39, 0.29) is 0 Å². The van der Waals surface area contributed by atoms with Crippen molar-refractivity contribution in [1.82, 2.24) is 0 Å². The van der Waals surface area contributed by atoms with Gasteiger partial charge < -0.3 is 11.5 Å². The van der Waals surface area contributed by atoms with Gasteiger partial charge in [0.15, 0.2) is 0 Å². The first-order valence-electron chi connectivity index (χ1n) is 44.3. The number of hydrogen-bond acceptors (Lipinski definition) is 4. The van der Waals surface area contributed by atoms with Gasteiger partial charge in [0, 0.05) is 22.9 Å². The minimum Gasteiger partial charge on any atom is -0.326 e. The lowest BCUT2D eigenvalue weighted by atomic mass is 9.82. The molecule has 12 aromatic rings. The van der Waals surface area contributed by atoms with E-state index in [0.717, 1.165) is 113 Å². The van der Waals surface area contributed by atoms with Crippen molar-refractivity contribution >= 4 is 25.3 Å². The molecule has 0 amide bonds. The van der Waals surface area contributed by atoms with Crippen LogP contribution in [0.4, 0.5) is 0 Å². The molecule has 0 aliphatic carbocycles. The van der Waals surface area contributed by atoms with Gasteiger partial charge >= 0.3 is 0 Å². The maximum atomic E-state index is 6.11. The number of benzene rings is 12. The number of nitrogens with two attached hydrogens (primary N) is 2. The van der Waals surface area contributed by atoms with Gasteiger partial charge in [-0.05, 0) is 321 Å². The number of rotatable bonds is 30. The van der Waals surface area contributed by atoms with Crippen LogP contribution in [0.15, 0.2) is 216 Å². The molecule has 608 valence electrons. The van der Waals surface area contributed by atoms with E-state index >= 15 is 0 Å². The number of thiol groups is 2. The average Bonchev–Trinajstić information content (AvgIpc) is 0.768. The monoisotopic (exact) mass is 1580 g/mol. The second-order valence-corrected chi connectivity index (χ2v) is 33.8. The maximum Gasteiger partial charge on any atom is 0.0180 e. The zero-order valence-electron chi connectivity index (χ0n) is 74.2. The Balaban J connectivity index is 0.000000182. The summed E-state index contributed by atoms with van der Waals surface area (Å²) < 4.78 is 0. The summed E-state index contributed by atoms with van der Waals surface area (Å²) in [6.07, 6.45) is 22.9. The van der Waals surface area contributed by atoms with Gasteiger partial charge in [-0.3, -0.25) is 0 Å². The molecule has 0 saturated carbocycles. The van der Waals surface area contributed by atoms with Gasteiger partial charge in [0.05, 0.1) is 0 Å². The molecule has 0 atom stereocenters. The summed E-state index contributed by atoms with van der Waals surface area (Å²) in [6.45, 7) is 41.7. The standard InChI is InChI=1S/C36H51N.C35H48S.C21H21N.C20H18S/c1-8-13-27-21-34(28(14-9-2)18-25(27)6)36-23-30(16-11-4)35(22-31(36)17-12-5)33-19-26(7)32(24-37)20-29(33)15-10-3;1-8-13-26-21-33(27(14-9-2)20-24(26)6)34-23-28(15-10-3)32(22-29(34)16-11-4)31-18-19-35(36)25(7)30(31)17-12-5;1-15-3-5-17(6-4-15)18-7-9-19(10-8-18)20-11-12-21(14-22)16(2)13-20;1-14-3-5-16(6-4-14)17-7-9-18(10-8-17)19-11-12-20(21)15(2)13-19/h18-23H,8-17,24,37H2,1-7H3;18-23,36H,8-17H2,1-7H3;3-13H,14,22H2,1-2H3;3-13,21H,1-2H3. The van der Waals surface area contributed by atoms with Crippen LogP contribution in [0.25, 0.3) is 89.0 Å². The van der Waals surface area contributed by atoms with Crippen molar-refractivity contribution in [3.05, 3.63) is 318 Å². The molecule has 0 radical (unpaired) electrons. The fraction of sp³-hybridized carbons (Fsp3) is 0.357. The van der Waals surface area contributed by atoms with Crippen molar-refractivity contribution in [3.63, 3.8) is 0 Å². The van der Waals surface area contributed by atoms with Gasteiger partial charge in [0.25, 0.3) is 0 Å². The quantitative estimate of drug-likeness (QED) is 0.0339. The van der Waals surface area contributed by atoms with Crippen molar-refractivity contribution in [1.29, 1.82) is 0 Å². The molecule has 12 aromatic carbocycles. The van der Waals surface area contributed by atoms with E-state index in [0.29, 0.717) is 13.1 Å². The summed E-state index contributed by atoms with van der Waals surface area (Å²) in [5.41, 5.74) is 61.5. The second kappa shape index (κ2) is 45.3. The van der Waals surface area contributed by atoms with Gasteiger partial charge in [0.1, 0.15) is 0 Å². The number of hydrogen-bond donors (Lipinski definition) is 4.